The Bertz CT molecular complexity index is 840. The largest absolute Gasteiger partial charge is 0.476 e. The molecule has 2 heterocycles. The maximum absolute atomic E-state index is 11.4. The molecule has 7 nitrogen and oxygen atoms in total. The summed E-state index contributed by atoms with van der Waals surface area (Å²) in [6.45, 7) is 0. The lowest BCUT2D eigenvalue weighted by Crippen LogP contribution is -2.06. The van der Waals surface area contributed by atoms with Gasteiger partial charge in [-0.15, -0.1) is 5.10 Å². The fourth-order valence-electron chi connectivity index (χ4n) is 1.91. The third kappa shape index (κ3) is 3.33. The number of thioether (sulfide) groups is 1. The Morgan fingerprint density at radius 2 is 1.96 bits per heavy atom. The van der Waals surface area contributed by atoms with Crippen molar-refractivity contribution in [1.29, 1.82) is 0 Å². The molecule has 23 heavy (non-hydrogen) atoms. The SMILES string of the molecule is O=C(O)c1nnn(-c2ccccc2Cl)c1CSc1ncccn1. The van der Waals surface area contributed by atoms with Crippen LogP contribution >= 0.6 is 23.4 Å². The van der Waals surface area contributed by atoms with Gasteiger partial charge in [0.1, 0.15) is 0 Å². The molecule has 0 spiro atoms. The van der Waals surface area contributed by atoms with E-state index in [9.17, 15) is 9.90 Å². The van der Waals surface area contributed by atoms with Gasteiger partial charge in [0.05, 0.1) is 16.4 Å². The second-order valence-electron chi connectivity index (χ2n) is 4.37. The van der Waals surface area contributed by atoms with Crippen LogP contribution in [0.25, 0.3) is 5.69 Å². The first kappa shape index (κ1) is 15.4. The Morgan fingerprint density at radius 3 is 2.65 bits per heavy atom. The maximum Gasteiger partial charge on any atom is 0.358 e. The van der Waals surface area contributed by atoms with Gasteiger partial charge in [0, 0.05) is 18.1 Å². The van der Waals surface area contributed by atoms with Crippen LogP contribution in [0.1, 0.15) is 16.2 Å². The number of hydrogen-bond donors (Lipinski definition) is 1. The van der Waals surface area contributed by atoms with Gasteiger partial charge in [-0.3, -0.25) is 0 Å². The predicted molar refractivity (Wildman–Crippen MR) is 84.9 cm³/mol. The molecule has 0 saturated heterocycles. The van der Waals surface area contributed by atoms with E-state index in [2.05, 4.69) is 20.3 Å². The van der Waals surface area contributed by atoms with E-state index in [1.807, 2.05) is 0 Å². The molecule has 9 heteroatoms. The number of carboxylic acid groups (broad SMARTS) is 1. The zero-order valence-corrected chi connectivity index (χ0v) is 13.2. The standard InChI is InChI=1S/C14H10ClN5O2S/c15-9-4-1-2-5-10(9)20-11(12(13(21)22)18-19-20)8-23-14-16-6-3-7-17-14/h1-7H,8H2,(H,21,22). The first-order chi connectivity index (χ1) is 11.2. The predicted octanol–water partition coefficient (Wildman–Crippen LogP) is 2.70. The van der Waals surface area contributed by atoms with Crippen LogP contribution in [0, 0.1) is 0 Å². The van der Waals surface area contributed by atoms with Gasteiger partial charge >= 0.3 is 5.97 Å². The molecular weight excluding hydrogens is 338 g/mol. The lowest BCUT2D eigenvalue weighted by molar-refractivity contribution is 0.0689. The van der Waals surface area contributed by atoms with Gasteiger partial charge in [-0.05, 0) is 18.2 Å². The van der Waals surface area contributed by atoms with Gasteiger partial charge in [-0.2, -0.15) is 0 Å². The van der Waals surface area contributed by atoms with Crippen LogP contribution in [0.15, 0.2) is 47.9 Å². The third-order valence-electron chi connectivity index (χ3n) is 2.93. The fourth-order valence-corrected chi connectivity index (χ4v) is 2.92. The van der Waals surface area contributed by atoms with E-state index >= 15 is 0 Å². The van der Waals surface area contributed by atoms with E-state index in [-0.39, 0.29) is 5.69 Å². The molecule has 116 valence electrons. The molecule has 3 rings (SSSR count). The fraction of sp³-hybridized carbons (Fsp3) is 0.0714. The van der Waals surface area contributed by atoms with Crippen molar-refractivity contribution in [3.05, 3.63) is 59.1 Å². The zero-order valence-electron chi connectivity index (χ0n) is 11.6. The normalized spacial score (nSPS) is 10.7. The molecule has 1 N–H and O–H groups in total. The van der Waals surface area contributed by atoms with Crippen molar-refractivity contribution in [1.82, 2.24) is 25.0 Å². The van der Waals surface area contributed by atoms with Crippen LogP contribution in [-0.4, -0.2) is 36.0 Å². The number of hydrogen-bond acceptors (Lipinski definition) is 6. The molecule has 0 aliphatic heterocycles. The van der Waals surface area contributed by atoms with Crippen molar-refractivity contribution in [2.45, 2.75) is 10.9 Å². The second-order valence-corrected chi connectivity index (χ2v) is 5.72. The summed E-state index contributed by atoms with van der Waals surface area (Å²) in [7, 11) is 0. The first-order valence-corrected chi connectivity index (χ1v) is 7.86. The molecule has 0 bridgehead atoms. The van der Waals surface area contributed by atoms with E-state index in [0.717, 1.165) is 0 Å². The first-order valence-electron chi connectivity index (χ1n) is 6.49. The molecule has 3 aromatic rings. The van der Waals surface area contributed by atoms with Crippen molar-refractivity contribution < 1.29 is 9.90 Å². The number of carbonyl (C=O) groups is 1. The van der Waals surface area contributed by atoms with Gasteiger partial charge in [-0.1, -0.05) is 40.7 Å². The summed E-state index contributed by atoms with van der Waals surface area (Å²) in [5.41, 5.74) is 0.871. The average Bonchev–Trinajstić information content (AvgIpc) is 2.98. The van der Waals surface area contributed by atoms with Gasteiger partial charge in [0.25, 0.3) is 0 Å². The monoisotopic (exact) mass is 347 g/mol. The molecule has 2 aromatic heterocycles. The van der Waals surface area contributed by atoms with Crippen LogP contribution in [-0.2, 0) is 5.75 Å². The van der Waals surface area contributed by atoms with Crippen LogP contribution in [0.3, 0.4) is 0 Å². The lowest BCUT2D eigenvalue weighted by Gasteiger charge is -2.08. The molecule has 0 atom stereocenters. The average molecular weight is 348 g/mol. The van der Waals surface area contributed by atoms with E-state index in [4.69, 9.17) is 11.6 Å². The van der Waals surface area contributed by atoms with Crippen molar-refractivity contribution in [3.8, 4) is 5.69 Å². The number of para-hydroxylation sites is 1. The minimum Gasteiger partial charge on any atom is -0.476 e. The Balaban J connectivity index is 1.98. The Hall–Kier alpha value is -2.45. The summed E-state index contributed by atoms with van der Waals surface area (Å²) in [4.78, 5) is 19.6. The Labute approximate surface area is 140 Å². The van der Waals surface area contributed by atoms with Crippen LogP contribution in [0.2, 0.25) is 5.02 Å². The molecule has 1 aromatic carbocycles. The van der Waals surface area contributed by atoms with Crippen molar-refractivity contribution in [2.24, 2.45) is 0 Å². The molecular formula is C14H10ClN5O2S. The highest BCUT2D eigenvalue weighted by Crippen LogP contribution is 2.25. The summed E-state index contributed by atoms with van der Waals surface area (Å²) in [6.07, 6.45) is 3.24. The van der Waals surface area contributed by atoms with Crippen molar-refractivity contribution in [3.63, 3.8) is 0 Å². The van der Waals surface area contributed by atoms with Gasteiger partial charge in [-0.25, -0.2) is 19.4 Å². The molecule has 0 fully saturated rings. The van der Waals surface area contributed by atoms with Gasteiger partial charge < -0.3 is 5.11 Å². The Kier molecular flexibility index (Phi) is 4.54. The number of aromatic nitrogens is 5. The van der Waals surface area contributed by atoms with Crippen molar-refractivity contribution >= 4 is 29.3 Å². The van der Waals surface area contributed by atoms with Crippen molar-refractivity contribution in [2.75, 3.05) is 0 Å². The second kappa shape index (κ2) is 6.76. The number of carboxylic acids is 1. The van der Waals surface area contributed by atoms with Crippen LogP contribution in [0.5, 0.6) is 0 Å². The highest BCUT2D eigenvalue weighted by molar-refractivity contribution is 7.98. The number of nitrogens with zero attached hydrogens (tertiary/aromatic N) is 5. The van der Waals surface area contributed by atoms with E-state index in [0.29, 0.717) is 27.3 Å². The summed E-state index contributed by atoms with van der Waals surface area (Å²) in [5, 5.41) is 18.0. The number of benzene rings is 1. The summed E-state index contributed by atoms with van der Waals surface area (Å²) in [5.74, 6) is -0.850. The number of halogens is 1. The summed E-state index contributed by atoms with van der Waals surface area (Å²) in [6, 6.07) is 8.74. The van der Waals surface area contributed by atoms with Gasteiger partial charge in [0.15, 0.2) is 10.9 Å². The van der Waals surface area contributed by atoms with Crippen LogP contribution in [0.4, 0.5) is 0 Å². The molecule has 0 radical (unpaired) electrons. The minimum atomic E-state index is -1.15. The molecule has 0 aliphatic carbocycles. The molecule has 0 aliphatic rings. The van der Waals surface area contributed by atoms with E-state index < -0.39 is 5.97 Å². The number of rotatable bonds is 5. The molecule has 0 unspecified atom stereocenters. The summed E-state index contributed by atoms with van der Waals surface area (Å²) < 4.78 is 1.43. The summed E-state index contributed by atoms with van der Waals surface area (Å²) >= 11 is 7.46. The van der Waals surface area contributed by atoms with E-state index in [1.54, 1.807) is 42.7 Å². The third-order valence-corrected chi connectivity index (χ3v) is 4.13. The topological polar surface area (TPSA) is 93.8 Å². The molecule has 0 saturated carbocycles. The minimum absolute atomic E-state index is 0.117. The number of aromatic carboxylic acids is 1. The smallest absolute Gasteiger partial charge is 0.358 e. The highest BCUT2D eigenvalue weighted by atomic mass is 35.5. The maximum atomic E-state index is 11.4. The van der Waals surface area contributed by atoms with Gasteiger partial charge in [0.2, 0.25) is 0 Å². The lowest BCUT2D eigenvalue weighted by atomic mass is 10.3. The highest BCUT2D eigenvalue weighted by Gasteiger charge is 2.21. The quantitative estimate of drug-likeness (QED) is 0.560. The van der Waals surface area contributed by atoms with E-state index in [1.165, 1.54) is 16.4 Å². The van der Waals surface area contributed by atoms with Crippen LogP contribution < -0.4 is 0 Å². The molecule has 0 amide bonds. The zero-order chi connectivity index (χ0) is 16.2. The Morgan fingerprint density at radius 1 is 1.22 bits per heavy atom.